The SMILES string of the molecule is CC(CCCO)NCC1CCC=CO1. The summed E-state index contributed by atoms with van der Waals surface area (Å²) < 4.78 is 5.44. The van der Waals surface area contributed by atoms with E-state index in [1.54, 1.807) is 6.26 Å². The van der Waals surface area contributed by atoms with E-state index in [0.717, 1.165) is 32.2 Å². The molecule has 82 valence electrons. The summed E-state index contributed by atoms with van der Waals surface area (Å²) in [6.45, 7) is 3.35. The summed E-state index contributed by atoms with van der Waals surface area (Å²) in [4.78, 5) is 0. The number of aliphatic hydroxyl groups excluding tert-OH is 1. The molecule has 0 fully saturated rings. The average molecular weight is 199 g/mol. The predicted octanol–water partition coefficient (Wildman–Crippen LogP) is 1.43. The first-order chi connectivity index (χ1) is 6.83. The van der Waals surface area contributed by atoms with Crippen molar-refractivity contribution in [1.82, 2.24) is 5.32 Å². The molecule has 3 nitrogen and oxygen atoms in total. The van der Waals surface area contributed by atoms with Gasteiger partial charge in [0.05, 0.1) is 6.26 Å². The molecule has 0 bridgehead atoms. The highest BCUT2D eigenvalue weighted by Crippen LogP contribution is 2.09. The quantitative estimate of drug-likeness (QED) is 0.680. The zero-order valence-corrected chi connectivity index (χ0v) is 8.91. The van der Waals surface area contributed by atoms with Gasteiger partial charge in [0.25, 0.3) is 0 Å². The van der Waals surface area contributed by atoms with Gasteiger partial charge in [0.1, 0.15) is 6.10 Å². The molecule has 0 aromatic rings. The average Bonchev–Trinajstić information content (AvgIpc) is 2.25. The minimum atomic E-state index is 0.286. The Balaban J connectivity index is 2.04. The molecule has 2 N–H and O–H groups in total. The van der Waals surface area contributed by atoms with Crippen molar-refractivity contribution in [3.05, 3.63) is 12.3 Å². The van der Waals surface area contributed by atoms with Crippen LogP contribution in [0.4, 0.5) is 0 Å². The Labute approximate surface area is 86.2 Å². The van der Waals surface area contributed by atoms with Gasteiger partial charge in [0.15, 0.2) is 0 Å². The number of ether oxygens (including phenoxy) is 1. The molecule has 0 amide bonds. The minimum absolute atomic E-state index is 0.286. The van der Waals surface area contributed by atoms with Crippen molar-refractivity contribution in [1.29, 1.82) is 0 Å². The molecular formula is C11H21NO2. The van der Waals surface area contributed by atoms with Crippen molar-refractivity contribution < 1.29 is 9.84 Å². The van der Waals surface area contributed by atoms with Crippen molar-refractivity contribution in [3.63, 3.8) is 0 Å². The van der Waals surface area contributed by atoms with Gasteiger partial charge in [-0.2, -0.15) is 0 Å². The van der Waals surface area contributed by atoms with Crippen LogP contribution in [0.15, 0.2) is 12.3 Å². The summed E-state index contributed by atoms with van der Waals surface area (Å²) in [6.07, 6.45) is 8.32. The van der Waals surface area contributed by atoms with Crippen LogP contribution in [0.2, 0.25) is 0 Å². The monoisotopic (exact) mass is 199 g/mol. The second-order valence-corrected chi connectivity index (χ2v) is 3.88. The third-order valence-corrected chi connectivity index (χ3v) is 2.51. The van der Waals surface area contributed by atoms with Crippen LogP contribution in [0, 0.1) is 0 Å². The van der Waals surface area contributed by atoms with Gasteiger partial charge in [-0.15, -0.1) is 0 Å². The second-order valence-electron chi connectivity index (χ2n) is 3.88. The van der Waals surface area contributed by atoms with E-state index >= 15 is 0 Å². The molecule has 0 aromatic carbocycles. The smallest absolute Gasteiger partial charge is 0.110 e. The van der Waals surface area contributed by atoms with Gasteiger partial charge in [-0.25, -0.2) is 0 Å². The number of hydrogen-bond acceptors (Lipinski definition) is 3. The Hall–Kier alpha value is -0.540. The summed E-state index contributed by atoms with van der Waals surface area (Å²) in [5.74, 6) is 0. The van der Waals surface area contributed by atoms with Crippen LogP contribution in [-0.4, -0.2) is 30.4 Å². The fourth-order valence-electron chi connectivity index (χ4n) is 1.57. The largest absolute Gasteiger partial charge is 0.497 e. The van der Waals surface area contributed by atoms with Gasteiger partial charge in [0.2, 0.25) is 0 Å². The number of rotatable bonds is 6. The van der Waals surface area contributed by atoms with Crippen LogP contribution < -0.4 is 5.32 Å². The van der Waals surface area contributed by atoms with Crippen LogP contribution in [0.1, 0.15) is 32.6 Å². The first-order valence-corrected chi connectivity index (χ1v) is 5.47. The molecule has 3 heteroatoms. The number of hydrogen-bond donors (Lipinski definition) is 2. The van der Waals surface area contributed by atoms with Crippen molar-refractivity contribution in [2.75, 3.05) is 13.2 Å². The van der Waals surface area contributed by atoms with E-state index in [-0.39, 0.29) is 6.61 Å². The second kappa shape index (κ2) is 6.85. The Morgan fingerprint density at radius 3 is 3.14 bits per heavy atom. The minimum Gasteiger partial charge on any atom is -0.497 e. The Morgan fingerprint density at radius 1 is 1.64 bits per heavy atom. The Bertz CT molecular complexity index is 171. The first-order valence-electron chi connectivity index (χ1n) is 5.47. The van der Waals surface area contributed by atoms with E-state index in [1.165, 1.54) is 0 Å². The fourth-order valence-corrected chi connectivity index (χ4v) is 1.57. The molecule has 1 rings (SSSR count). The first kappa shape index (κ1) is 11.5. The molecule has 0 aromatic heterocycles. The van der Waals surface area contributed by atoms with Gasteiger partial charge >= 0.3 is 0 Å². The zero-order chi connectivity index (χ0) is 10.2. The van der Waals surface area contributed by atoms with Gasteiger partial charge in [0, 0.05) is 19.2 Å². The predicted molar refractivity (Wildman–Crippen MR) is 57.0 cm³/mol. The molecule has 1 aliphatic rings. The van der Waals surface area contributed by atoms with Crippen LogP contribution >= 0.6 is 0 Å². The Kier molecular flexibility index (Phi) is 5.64. The van der Waals surface area contributed by atoms with Crippen molar-refractivity contribution in [3.8, 4) is 0 Å². The van der Waals surface area contributed by atoms with Crippen LogP contribution in [0.5, 0.6) is 0 Å². The summed E-state index contributed by atoms with van der Waals surface area (Å²) >= 11 is 0. The van der Waals surface area contributed by atoms with Crippen LogP contribution in [0.3, 0.4) is 0 Å². The lowest BCUT2D eigenvalue weighted by Crippen LogP contribution is -2.35. The zero-order valence-electron chi connectivity index (χ0n) is 8.91. The van der Waals surface area contributed by atoms with E-state index in [1.807, 2.05) is 0 Å². The number of aliphatic hydroxyl groups is 1. The molecule has 2 unspecified atom stereocenters. The van der Waals surface area contributed by atoms with Crippen molar-refractivity contribution >= 4 is 0 Å². The lowest BCUT2D eigenvalue weighted by Gasteiger charge is -2.22. The van der Waals surface area contributed by atoms with Gasteiger partial charge in [-0.3, -0.25) is 0 Å². The maximum absolute atomic E-state index is 8.67. The van der Waals surface area contributed by atoms with Gasteiger partial charge < -0.3 is 15.2 Å². The maximum atomic E-state index is 8.67. The highest BCUT2D eigenvalue weighted by atomic mass is 16.5. The van der Waals surface area contributed by atoms with E-state index in [4.69, 9.17) is 9.84 Å². The normalized spacial score (nSPS) is 23.1. The molecular weight excluding hydrogens is 178 g/mol. The molecule has 1 aliphatic heterocycles. The summed E-state index contributed by atoms with van der Waals surface area (Å²) in [7, 11) is 0. The van der Waals surface area contributed by atoms with E-state index in [2.05, 4.69) is 18.3 Å². The molecule has 0 saturated heterocycles. The molecule has 1 heterocycles. The van der Waals surface area contributed by atoms with E-state index in [0.29, 0.717) is 12.1 Å². The standard InChI is InChI=1S/C11H21NO2/c1-10(5-4-7-13)12-9-11-6-2-3-8-14-11/h3,8,10-13H,2,4-7,9H2,1H3. The summed E-state index contributed by atoms with van der Waals surface area (Å²) in [5.41, 5.74) is 0. The third-order valence-electron chi connectivity index (χ3n) is 2.51. The van der Waals surface area contributed by atoms with E-state index in [9.17, 15) is 0 Å². The Morgan fingerprint density at radius 2 is 2.50 bits per heavy atom. The topological polar surface area (TPSA) is 41.5 Å². The van der Waals surface area contributed by atoms with E-state index < -0.39 is 0 Å². The van der Waals surface area contributed by atoms with Crippen LogP contribution in [-0.2, 0) is 4.74 Å². The maximum Gasteiger partial charge on any atom is 0.110 e. The highest BCUT2D eigenvalue weighted by molar-refractivity contribution is 4.83. The van der Waals surface area contributed by atoms with Crippen molar-refractivity contribution in [2.24, 2.45) is 0 Å². The molecule has 2 atom stereocenters. The molecule has 0 aliphatic carbocycles. The van der Waals surface area contributed by atoms with Crippen molar-refractivity contribution in [2.45, 2.75) is 44.8 Å². The molecule has 0 spiro atoms. The highest BCUT2D eigenvalue weighted by Gasteiger charge is 2.11. The third kappa shape index (κ3) is 4.63. The molecule has 14 heavy (non-hydrogen) atoms. The van der Waals surface area contributed by atoms with Crippen LogP contribution in [0.25, 0.3) is 0 Å². The number of allylic oxidation sites excluding steroid dienone is 1. The molecule has 0 saturated carbocycles. The van der Waals surface area contributed by atoms with Gasteiger partial charge in [-0.1, -0.05) is 0 Å². The lowest BCUT2D eigenvalue weighted by molar-refractivity contribution is 0.119. The summed E-state index contributed by atoms with van der Waals surface area (Å²) in [5, 5.41) is 12.1. The summed E-state index contributed by atoms with van der Waals surface area (Å²) in [6, 6.07) is 0.469. The fraction of sp³-hybridized carbons (Fsp3) is 0.818. The van der Waals surface area contributed by atoms with Gasteiger partial charge in [-0.05, 0) is 38.7 Å². The number of nitrogens with one attached hydrogen (secondary N) is 1. The lowest BCUT2D eigenvalue weighted by atomic mass is 10.1. The molecule has 0 radical (unpaired) electrons.